The van der Waals surface area contributed by atoms with E-state index in [2.05, 4.69) is 15.6 Å². The lowest BCUT2D eigenvalue weighted by atomic mass is 10.0. The van der Waals surface area contributed by atoms with Crippen LogP contribution in [0.5, 0.6) is 0 Å². The van der Waals surface area contributed by atoms with Crippen LogP contribution < -0.4 is 5.32 Å². The maximum atomic E-state index is 12.9. The Morgan fingerprint density at radius 1 is 1.17 bits per heavy atom. The first-order chi connectivity index (χ1) is 13.8. The standard InChI is InChI=1S/C20H20F3N3O3/c1-13(14-8-6-9-16(11-14)20(21,22)23)29-25-12-15-7-4-5-10-17(15)18(26-28-3)19(27)24-2/h4-13H,1-3H3,(H,24,27)/b25-12+,26-18+. The Bertz CT molecular complexity index is 911. The molecule has 0 aromatic heterocycles. The van der Waals surface area contributed by atoms with Gasteiger partial charge >= 0.3 is 6.18 Å². The summed E-state index contributed by atoms with van der Waals surface area (Å²) >= 11 is 0. The average Bonchev–Trinajstić information content (AvgIpc) is 2.71. The summed E-state index contributed by atoms with van der Waals surface area (Å²) in [7, 11) is 2.78. The van der Waals surface area contributed by atoms with Crippen LogP contribution in [0.2, 0.25) is 0 Å². The molecule has 2 aromatic carbocycles. The number of benzene rings is 2. The van der Waals surface area contributed by atoms with Gasteiger partial charge in [0.15, 0.2) is 5.71 Å². The zero-order chi connectivity index (χ0) is 21.4. The van der Waals surface area contributed by atoms with E-state index in [1.54, 1.807) is 31.2 Å². The molecule has 9 heteroatoms. The first-order valence-corrected chi connectivity index (χ1v) is 8.57. The van der Waals surface area contributed by atoms with Crippen molar-refractivity contribution in [3.63, 3.8) is 0 Å². The number of likely N-dealkylation sites (N-methyl/N-ethyl adjacent to an activating group) is 1. The Labute approximate surface area is 166 Å². The van der Waals surface area contributed by atoms with Gasteiger partial charge in [-0.05, 0) is 24.6 Å². The summed E-state index contributed by atoms with van der Waals surface area (Å²) in [5.74, 6) is -0.453. The van der Waals surface area contributed by atoms with Gasteiger partial charge < -0.3 is 15.0 Å². The van der Waals surface area contributed by atoms with Crippen molar-refractivity contribution in [1.82, 2.24) is 5.32 Å². The van der Waals surface area contributed by atoms with Gasteiger partial charge in [0.05, 0.1) is 11.8 Å². The Kier molecular flexibility index (Phi) is 7.35. The smallest absolute Gasteiger partial charge is 0.398 e. The molecule has 1 amide bonds. The van der Waals surface area contributed by atoms with Gasteiger partial charge in [-0.25, -0.2) is 0 Å². The lowest BCUT2D eigenvalue weighted by Gasteiger charge is -2.13. The van der Waals surface area contributed by atoms with Crippen molar-refractivity contribution in [3.05, 3.63) is 70.8 Å². The zero-order valence-corrected chi connectivity index (χ0v) is 16.0. The molecule has 1 atom stereocenters. The molecular formula is C20H20F3N3O3. The topological polar surface area (TPSA) is 72.3 Å². The number of amides is 1. The molecule has 0 saturated heterocycles. The molecule has 6 nitrogen and oxygen atoms in total. The number of carbonyl (C=O) groups is 1. The molecule has 0 aliphatic carbocycles. The van der Waals surface area contributed by atoms with Crippen molar-refractivity contribution < 1.29 is 27.6 Å². The maximum absolute atomic E-state index is 12.9. The third-order valence-electron chi connectivity index (χ3n) is 3.93. The van der Waals surface area contributed by atoms with Gasteiger partial charge in [0, 0.05) is 18.2 Å². The Balaban J connectivity index is 2.21. The van der Waals surface area contributed by atoms with Crippen LogP contribution in [0.3, 0.4) is 0 Å². The number of halogens is 3. The van der Waals surface area contributed by atoms with E-state index in [4.69, 9.17) is 9.68 Å². The van der Waals surface area contributed by atoms with E-state index in [0.29, 0.717) is 16.7 Å². The molecule has 0 fully saturated rings. The number of rotatable bonds is 7. The molecule has 1 N–H and O–H groups in total. The molecule has 0 bridgehead atoms. The highest BCUT2D eigenvalue weighted by molar-refractivity contribution is 6.46. The van der Waals surface area contributed by atoms with Crippen LogP contribution in [0.25, 0.3) is 0 Å². The van der Waals surface area contributed by atoms with Crippen LogP contribution >= 0.6 is 0 Å². The van der Waals surface area contributed by atoms with Crippen LogP contribution in [0.4, 0.5) is 13.2 Å². The third-order valence-corrected chi connectivity index (χ3v) is 3.93. The van der Waals surface area contributed by atoms with E-state index in [-0.39, 0.29) is 5.71 Å². The zero-order valence-electron chi connectivity index (χ0n) is 16.0. The van der Waals surface area contributed by atoms with Gasteiger partial charge in [0.2, 0.25) is 0 Å². The molecule has 154 valence electrons. The first-order valence-electron chi connectivity index (χ1n) is 8.57. The first kappa shape index (κ1) is 21.9. The van der Waals surface area contributed by atoms with Crippen molar-refractivity contribution in [2.45, 2.75) is 19.2 Å². The second-order valence-corrected chi connectivity index (χ2v) is 5.89. The molecule has 0 heterocycles. The number of nitrogens with one attached hydrogen (secondary N) is 1. The summed E-state index contributed by atoms with van der Waals surface area (Å²) in [5, 5.41) is 10.1. The minimum Gasteiger partial charge on any atom is -0.398 e. The number of hydrogen-bond acceptors (Lipinski definition) is 5. The monoisotopic (exact) mass is 407 g/mol. The van der Waals surface area contributed by atoms with E-state index < -0.39 is 23.8 Å². The molecule has 0 spiro atoms. The van der Waals surface area contributed by atoms with Crippen molar-refractivity contribution >= 4 is 17.8 Å². The van der Waals surface area contributed by atoms with Gasteiger partial charge in [0.1, 0.15) is 13.2 Å². The van der Waals surface area contributed by atoms with Crippen LogP contribution in [-0.4, -0.2) is 32.0 Å². The highest BCUT2D eigenvalue weighted by Gasteiger charge is 2.30. The molecule has 2 aromatic rings. The van der Waals surface area contributed by atoms with Crippen molar-refractivity contribution in [2.24, 2.45) is 10.3 Å². The molecule has 0 radical (unpaired) electrons. The quantitative estimate of drug-likeness (QED) is 0.559. The van der Waals surface area contributed by atoms with Crippen LogP contribution in [-0.2, 0) is 20.6 Å². The minimum atomic E-state index is -4.44. The summed E-state index contributed by atoms with van der Waals surface area (Å²) in [5.41, 5.74) is 0.585. The van der Waals surface area contributed by atoms with E-state index in [9.17, 15) is 18.0 Å². The van der Waals surface area contributed by atoms with Crippen molar-refractivity contribution in [3.8, 4) is 0 Å². The number of hydrogen-bond donors (Lipinski definition) is 1. The Morgan fingerprint density at radius 3 is 2.55 bits per heavy atom. The predicted octanol–water partition coefficient (Wildman–Crippen LogP) is 3.91. The molecule has 0 aliphatic rings. The lowest BCUT2D eigenvalue weighted by molar-refractivity contribution is -0.137. The summed E-state index contributed by atoms with van der Waals surface area (Å²) in [6.45, 7) is 1.58. The van der Waals surface area contributed by atoms with E-state index >= 15 is 0 Å². The van der Waals surface area contributed by atoms with Gasteiger partial charge in [-0.15, -0.1) is 0 Å². The summed E-state index contributed by atoms with van der Waals surface area (Å²) in [6.07, 6.45) is -3.80. The van der Waals surface area contributed by atoms with Crippen molar-refractivity contribution in [1.29, 1.82) is 0 Å². The van der Waals surface area contributed by atoms with Crippen LogP contribution in [0, 0.1) is 0 Å². The second-order valence-electron chi connectivity index (χ2n) is 5.89. The molecule has 1 unspecified atom stereocenters. The van der Waals surface area contributed by atoms with E-state index in [1.807, 2.05) is 0 Å². The molecule has 29 heavy (non-hydrogen) atoms. The Hall–Kier alpha value is -3.36. The fourth-order valence-electron chi connectivity index (χ4n) is 2.46. The molecule has 0 saturated carbocycles. The normalized spacial score (nSPS) is 13.2. The van der Waals surface area contributed by atoms with Crippen LogP contribution in [0.15, 0.2) is 58.8 Å². The molecule has 0 aliphatic heterocycles. The average molecular weight is 407 g/mol. The number of alkyl halides is 3. The Morgan fingerprint density at radius 2 is 1.90 bits per heavy atom. The summed E-state index contributed by atoms with van der Waals surface area (Å²) < 4.78 is 38.6. The molecular weight excluding hydrogens is 387 g/mol. The highest BCUT2D eigenvalue weighted by atomic mass is 19.4. The highest BCUT2D eigenvalue weighted by Crippen LogP contribution is 2.31. The largest absolute Gasteiger partial charge is 0.416 e. The summed E-state index contributed by atoms with van der Waals surface area (Å²) in [6, 6.07) is 11.6. The van der Waals surface area contributed by atoms with Gasteiger partial charge in [-0.3, -0.25) is 4.79 Å². The number of oxime groups is 2. The maximum Gasteiger partial charge on any atom is 0.416 e. The van der Waals surface area contributed by atoms with Gasteiger partial charge in [-0.1, -0.05) is 46.7 Å². The lowest BCUT2D eigenvalue weighted by Crippen LogP contribution is -2.29. The fraction of sp³-hybridized carbons (Fsp3) is 0.250. The van der Waals surface area contributed by atoms with Crippen molar-refractivity contribution in [2.75, 3.05) is 14.2 Å². The second kappa shape index (κ2) is 9.72. The SMILES string of the molecule is CNC(=O)/C(=N/OC)c1ccccc1/C=N/OC(C)c1cccc(C(F)(F)F)c1. The number of nitrogens with zero attached hydrogens (tertiary/aromatic N) is 2. The fourth-order valence-corrected chi connectivity index (χ4v) is 2.46. The predicted molar refractivity (Wildman–Crippen MR) is 103 cm³/mol. The van der Waals surface area contributed by atoms with Gasteiger partial charge in [-0.2, -0.15) is 13.2 Å². The van der Waals surface area contributed by atoms with E-state index in [0.717, 1.165) is 12.1 Å². The summed E-state index contributed by atoms with van der Waals surface area (Å²) in [4.78, 5) is 22.1. The third kappa shape index (κ3) is 5.81. The minimum absolute atomic E-state index is 0.0444. The van der Waals surface area contributed by atoms with E-state index in [1.165, 1.54) is 32.5 Å². The number of carbonyl (C=O) groups excluding carboxylic acids is 1. The van der Waals surface area contributed by atoms with Crippen LogP contribution in [0.1, 0.15) is 35.3 Å². The van der Waals surface area contributed by atoms with Gasteiger partial charge in [0.25, 0.3) is 5.91 Å². The molecule has 2 rings (SSSR count).